The number of para-hydroxylation sites is 1. The molecule has 2 aromatic carbocycles. The van der Waals surface area contributed by atoms with E-state index < -0.39 is 0 Å². The Kier molecular flexibility index (Phi) is 4.45. The molecule has 1 heterocycles. The summed E-state index contributed by atoms with van der Waals surface area (Å²) >= 11 is 6.86. The van der Waals surface area contributed by atoms with E-state index in [9.17, 15) is 4.79 Å². The smallest absolute Gasteiger partial charge is 0.163 e. The maximum atomic E-state index is 12.5. The van der Waals surface area contributed by atoms with Crippen LogP contribution >= 0.6 is 31.9 Å². The summed E-state index contributed by atoms with van der Waals surface area (Å²) in [6.07, 6.45) is 1.40. The number of ether oxygens (including phenoxy) is 1. The second-order valence-electron chi connectivity index (χ2n) is 5.16. The van der Waals surface area contributed by atoms with Crippen molar-refractivity contribution in [1.29, 1.82) is 0 Å². The molecule has 0 amide bonds. The van der Waals surface area contributed by atoms with Crippen LogP contribution in [-0.2, 0) is 0 Å². The Hall–Kier alpha value is -1.13. The Morgan fingerprint density at radius 3 is 2.62 bits per heavy atom. The van der Waals surface area contributed by atoms with Gasteiger partial charge in [0.1, 0.15) is 5.75 Å². The highest BCUT2D eigenvalue weighted by Gasteiger charge is 2.24. The number of fused-ring (bicyclic) bond motifs is 1. The third kappa shape index (κ3) is 3.38. The SMILES string of the molecule is O=C(CC1CCOc2ccccc21)c1cc(Br)cc(Br)c1. The number of carbonyl (C=O) groups is 1. The molecule has 1 atom stereocenters. The second-order valence-corrected chi connectivity index (χ2v) is 6.99. The van der Waals surface area contributed by atoms with Crippen LogP contribution in [0.25, 0.3) is 0 Å². The topological polar surface area (TPSA) is 26.3 Å². The zero-order valence-corrected chi connectivity index (χ0v) is 14.5. The van der Waals surface area contributed by atoms with Gasteiger partial charge in [-0.15, -0.1) is 0 Å². The molecular weight excluding hydrogens is 396 g/mol. The first-order chi connectivity index (χ1) is 10.1. The summed E-state index contributed by atoms with van der Waals surface area (Å²) in [4.78, 5) is 12.5. The van der Waals surface area contributed by atoms with E-state index in [0.29, 0.717) is 13.0 Å². The quantitative estimate of drug-likeness (QED) is 0.638. The average molecular weight is 410 g/mol. The molecule has 4 heteroatoms. The molecule has 1 unspecified atom stereocenters. The van der Waals surface area contributed by atoms with Gasteiger partial charge in [0.2, 0.25) is 0 Å². The van der Waals surface area contributed by atoms with Crippen LogP contribution in [0.1, 0.15) is 34.7 Å². The van der Waals surface area contributed by atoms with Gasteiger partial charge < -0.3 is 4.74 Å². The molecule has 0 bridgehead atoms. The number of benzene rings is 2. The number of hydrogen-bond donors (Lipinski definition) is 0. The van der Waals surface area contributed by atoms with Gasteiger partial charge >= 0.3 is 0 Å². The minimum Gasteiger partial charge on any atom is -0.493 e. The molecule has 3 rings (SSSR count). The van der Waals surface area contributed by atoms with E-state index in [0.717, 1.165) is 32.2 Å². The number of carbonyl (C=O) groups excluding carboxylic acids is 1. The lowest BCUT2D eigenvalue weighted by Crippen LogP contribution is -2.17. The number of rotatable bonds is 3. The Labute approximate surface area is 140 Å². The fourth-order valence-electron chi connectivity index (χ4n) is 2.68. The molecule has 0 saturated carbocycles. The van der Waals surface area contributed by atoms with Crippen molar-refractivity contribution in [3.05, 3.63) is 62.5 Å². The van der Waals surface area contributed by atoms with Crippen molar-refractivity contribution in [1.82, 2.24) is 0 Å². The standard InChI is InChI=1S/C17H14Br2O2/c18-13-7-12(8-14(19)10-13)16(20)9-11-5-6-21-17-4-2-1-3-15(11)17/h1-4,7-8,10-11H,5-6,9H2. The molecule has 1 aliphatic rings. The molecule has 21 heavy (non-hydrogen) atoms. The second kappa shape index (κ2) is 6.32. The third-order valence-corrected chi connectivity index (χ3v) is 4.61. The van der Waals surface area contributed by atoms with E-state index in [1.807, 2.05) is 36.4 Å². The summed E-state index contributed by atoms with van der Waals surface area (Å²) in [6, 6.07) is 13.7. The molecule has 0 saturated heterocycles. The summed E-state index contributed by atoms with van der Waals surface area (Å²) in [5, 5.41) is 0. The molecule has 2 aromatic rings. The van der Waals surface area contributed by atoms with E-state index in [4.69, 9.17) is 4.74 Å². The number of Topliss-reactive ketones (excluding diaryl/α,β-unsaturated/α-hetero) is 1. The summed E-state index contributed by atoms with van der Waals surface area (Å²) in [7, 11) is 0. The molecule has 0 spiro atoms. The number of ketones is 1. The predicted molar refractivity (Wildman–Crippen MR) is 90.1 cm³/mol. The first-order valence-electron chi connectivity index (χ1n) is 6.84. The van der Waals surface area contributed by atoms with Gasteiger partial charge in [0.15, 0.2) is 5.78 Å². The normalized spacial score (nSPS) is 17.0. The van der Waals surface area contributed by atoms with Crippen LogP contribution in [0, 0.1) is 0 Å². The van der Waals surface area contributed by atoms with Crippen molar-refractivity contribution in [2.24, 2.45) is 0 Å². The molecule has 108 valence electrons. The lowest BCUT2D eigenvalue weighted by atomic mass is 9.87. The Bertz CT molecular complexity index is 662. The van der Waals surface area contributed by atoms with E-state index in [2.05, 4.69) is 37.9 Å². The van der Waals surface area contributed by atoms with Crippen molar-refractivity contribution in [2.45, 2.75) is 18.8 Å². The predicted octanol–water partition coefficient (Wildman–Crippen LogP) is 5.35. The average Bonchev–Trinajstić information content (AvgIpc) is 2.46. The Morgan fingerprint density at radius 2 is 1.86 bits per heavy atom. The Morgan fingerprint density at radius 1 is 1.14 bits per heavy atom. The molecule has 0 aliphatic carbocycles. The highest BCUT2D eigenvalue weighted by Crippen LogP contribution is 2.36. The lowest BCUT2D eigenvalue weighted by molar-refractivity contribution is 0.0965. The largest absolute Gasteiger partial charge is 0.493 e. The summed E-state index contributed by atoms with van der Waals surface area (Å²) in [5.41, 5.74) is 1.88. The van der Waals surface area contributed by atoms with Gasteiger partial charge in [0.25, 0.3) is 0 Å². The highest BCUT2D eigenvalue weighted by atomic mass is 79.9. The van der Waals surface area contributed by atoms with Gasteiger partial charge in [0, 0.05) is 20.9 Å². The summed E-state index contributed by atoms with van der Waals surface area (Å²) < 4.78 is 7.47. The van der Waals surface area contributed by atoms with E-state index in [-0.39, 0.29) is 11.7 Å². The number of hydrogen-bond acceptors (Lipinski definition) is 2. The lowest BCUT2D eigenvalue weighted by Gasteiger charge is -2.25. The van der Waals surface area contributed by atoms with Crippen LogP contribution in [-0.4, -0.2) is 12.4 Å². The van der Waals surface area contributed by atoms with Gasteiger partial charge in [-0.05, 0) is 42.2 Å². The van der Waals surface area contributed by atoms with Crippen molar-refractivity contribution < 1.29 is 9.53 Å². The molecule has 0 fully saturated rings. The molecule has 1 aliphatic heterocycles. The molecule has 0 radical (unpaired) electrons. The van der Waals surface area contributed by atoms with Crippen LogP contribution in [0.15, 0.2) is 51.4 Å². The zero-order chi connectivity index (χ0) is 14.8. The van der Waals surface area contributed by atoms with E-state index >= 15 is 0 Å². The monoisotopic (exact) mass is 408 g/mol. The van der Waals surface area contributed by atoms with Crippen LogP contribution in [0.5, 0.6) is 5.75 Å². The van der Waals surface area contributed by atoms with Crippen LogP contribution in [0.3, 0.4) is 0 Å². The van der Waals surface area contributed by atoms with Gasteiger partial charge in [-0.2, -0.15) is 0 Å². The highest BCUT2D eigenvalue weighted by molar-refractivity contribution is 9.11. The summed E-state index contributed by atoms with van der Waals surface area (Å²) in [5.74, 6) is 1.32. The van der Waals surface area contributed by atoms with Crippen molar-refractivity contribution in [3.63, 3.8) is 0 Å². The Balaban J connectivity index is 1.82. The third-order valence-electron chi connectivity index (χ3n) is 3.70. The van der Waals surface area contributed by atoms with Crippen molar-refractivity contribution in [3.8, 4) is 5.75 Å². The minimum absolute atomic E-state index is 0.165. The van der Waals surface area contributed by atoms with Gasteiger partial charge in [-0.3, -0.25) is 4.79 Å². The molecular formula is C17H14Br2O2. The first-order valence-corrected chi connectivity index (χ1v) is 8.43. The van der Waals surface area contributed by atoms with Crippen LogP contribution in [0.4, 0.5) is 0 Å². The van der Waals surface area contributed by atoms with E-state index in [1.165, 1.54) is 0 Å². The van der Waals surface area contributed by atoms with Gasteiger partial charge in [-0.25, -0.2) is 0 Å². The van der Waals surface area contributed by atoms with E-state index in [1.54, 1.807) is 0 Å². The van der Waals surface area contributed by atoms with Crippen LogP contribution < -0.4 is 4.74 Å². The minimum atomic E-state index is 0.165. The van der Waals surface area contributed by atoms with Crippen LogP contribution in [0.2, 0.25) is 0 Å². The molecule has 2 nitrogen and oxygen atoms in total. The molecule has 0 aromatic heterocycles. The van der Waals surface area contributed by atoms with Gasteiger partial charge in [-0.1, -0.05) is 50.1 Å². The zero-order valence-electron chi connectivity index (χ0n) is 11.3. The maximum Gasteiger partial charge on any atom is 0.163 e. The fraction of sp³-hybridized carbons (Fsp3) is 0.235. The first kappa shape index (κ1) is 14.8. The fourth-order valence-corrected chi connectivity index (χ4v) is 3.98. The van der Waals surface area contributed by atoms with Gasteiger partial charge in [0.05, 0.1) is 6.61 Å². The molecule has 0 N–H and O–H groups in total. The summed E-state index contributed by atoms with van der Waals surface area (Å²) in [6.45, 7) is 0.678. The van der Waals surface area contributed by atoms with Crippen molar-refractivity contribution >= 4 is 37.6 Å². The van der Waals surface area contributed by atoms with Crippen molar-refractivity contribution in [2.75, 3.05) is 6.61 Å². The maximum absolute atomic E-state index is 12.5. The number of halogens is 2.